The number of carbonyl (C=O) groups is 1. The number of ether oxygens (including phenoxy) is 1. The molecule has 5 heteroatoms. The van der Waals surface area contributed by atoms with Crippen molar-refractivity contribution in [3.63, 3.8) is 0 Å². The van der Waals surface area contributed by atoms with E-state index in [1.807, 2.05) is 20.8 Å². The minimum Gasteiger partial charge on any atom is -0.475 e. The molecule has 0 aromatic carbocycles. The Bertz CT molecular complexity index is 343. The van der Waals surface area contributed by atoms with Crippen molar-refractivity contribution < 1.29 is 19.1 Å². The standard InChI is InChI=1S/C10H15NO4/c1-4-14-5-7-11-8(6(2)3)9(15-7)10(12)13/h6H,4-5H2,1-3H3,(H,12,13). The van der Waals surface area contributed by atoms with E-state index in [4.69, 9.17) is 14.3 Å². The van der Waals surface area contributed by atoms with Crippen molar-refractivity contribution in [3.05, 3.63) is 17.3 Å². The molecule has 1 aromatic rings. The summed E-state index contributed by atoms with van der Waals surface area (Å²) in [5.41, 5.74) is 0.470. The molecule has 0 fully saturated rings. The third kappa shape index (κ3) is 2.79. The second-order valence-electron chi connectivity index (χ2n) is 3.42. The lowest BCUT2D eigenvalue weighted by Gasteiger charge is -1.98. The van der Waals surface area contributed by atoms with Gasteiger partial charge in [0.05, 0.1) is 5.69 Å². The maximum atomic E-state index is 10.8. The molecule has 1 N–H and O–H groups in total. The second kappa shape index (κ2) is 4.93. The Kier molecular flexibility index (Phi) is 3.85. The van der Waals surface area contributed by atoms with E-state index in [2.05, 4.69) is 4.98 Å². The fraction of sp³-hybridized carbons (Fsp3) is 0.600. The van der Waals surface area contributed by atoms with Gasteiger partial charge in [0.1, 0.15) is 6.61 Å². The van der Waals surface area contributed by atoms with Crippen LogP contribution < -0.4 is 0 Å². The summed E-state index contributed by atoms with van der Waals surface area (Å²) in [6, 6.07) is 0. The minimum atomic E-state index is -1.09. The van der Waals surface area contributed by atoms with E-state index in [0.29, 0.717) is 18.2 Å². The Labute approximate surface area is 88.1 Å². The van der Waals surface area contributed by atoms with Gasteiger partial charge in [-0.15, -0.1) is 0 Å². The molecular formula is C10H15NO4. The molecule has 0 amide bonds. The van der Waals surface area contributed by atoms with Crippen molar-refractivity contribution in [1.29, 1.82) is 0 Å². The van der Waals surface area contributed by atoms with Crippen LogP contribution in [-0.2, 0) is 11.3 Å². The molecular weight excluding hydrogens is 198 g/mol. The summed E-state index contributed by atoms with van der Waals surface area (Å²) in [6.45, 7) is 6.35. The molecule has 1 heterocycles. The molecule has 15 heavy (non-hydrogen) atoms. The van der Waals surface area contributed by atoms with E-state index < -0.39 is 5.97 Å². The molecule has 0 aliphatic rings. The summed E-state index contributed by atoms with van der Waals surface area (Å²) in [5.74, 6) is -0.832. The normalized spacial score (nSPS) is 10.9. The highest BCUT2D eigenvalue weighted by molar-refractivity contribution is 5.85. The van der Waals surface area contributed by atoms with Crippen molar-refractivity contribution in [1.82, 2.24) is 4.98 Å². The number of rotatable bonds is 5. The third-order valence-electron chi connectivity index (χ3n) is 1.87. The van der Waals surface area contributed by atoms with Crippen LogP contribution in [0.5, 0.6) is 0 Å². The maximum Gasteiger partial charge on any atom is 0.373 e. The Hall–Kier alpha value is -1.36. The number of aromatic carboxylic acids is 1. The molecule has 0 aliphatic heterocycles. The van der Waals surface area contributed by atoms with E-state index >= 15 is 0 Å². The monoisotopic (exact) mass is 213 g/mol. The van der Waals surface area contributed by atoms with Crippen molar-refractivity contribution in [2.45, 2.75) is 33.3 Å². The highest BCUT2D eigenvalue weighted by Crippen LogP contribution is 2.20. The van der Waals surface area contributed by atoms with Crippen LogP contribution >= 0.6 is 0 Å². The number of carboxylic acid groups (broad SMARTS) is 1. The Morgan fingerprint density at radius 3 is 2.67 bits per heavy atom. The summed E-state index contributed by atoms with van der Waals surface area (Å²) in [6.07, 6.45) is 0. The van der Waals surface area contributed by atoms with Crippen molar-refractivity contribution in [2.24, 2.45) is 0 Å². The summed E-state index contributed by atoms with van der Waals surface area (Å²) >= 11 is 0. The van der Waals surface area contributed by atoms with Gasteiger partial charge in [0, 0.05) is 6.61 Å². The van der Waals surface area contributed by atoms with Crippen molar-refractivity contribution >= 4 is 5.97 Å². The summed E-state index contributed by atoms with van der Waals surface area (Å²) < 4.78 is 10.2. The van der Waals surface area contributed by atoms with Gasteiger partial charge in [0.15, 0.2) is 0 Å². The molecule has 0 spiro atoms. The lowest BCUT2D eigenvalue weighted by molar-refractivity contribution is 0.0647. The van der Waals surface area contributed by atoms with Gasteiger partial charge in [0.25, 0.3) is 0 Å². The highest BCUT2D eigenvalue weighted by Gasteiger charge is 2.21. The Morgan fingerprint density at radius 1 is 1.60 bits per heavy atom. The van der Waals surface area contributed by atoms with Crippen LogP contribution in [0.2, 0.25) is 0 Å². The minimum absolute atomic E-state index is 0.0234. The highest BCUT2D eigenvalue weighted by atomic mass is 16.5. The van der Waals surface area contributed by atoms with Crippen LogP contribution in [-0.4, -0.2) is 22.7 Å². The van der Waals surface area contributed by atoms with Crippen molar-refractivity contribution in [3.8, 4) is 0 Å². The largest absolute Gasteiger partial charge is 0.475 e. The van der Waals surface area contributed by atoms with Gasteiger partial charge < -0.3 is 14.3 Å². The first kappa shape index (κ1) is 11.7. The third-order valence-corrected chi connectivity index (χ3v) is 1.87. The number of oxazole rings is 1. The first-order valence-corrected chi connectivity index (χ1v) is 4.86. The lowest BCUT2D eigenvalue weighted by Crippen LogP contribution is -2.01. The molecule has 5 nitrogen and oxygen atoms in total. The van der Waals surface area contributed by atoms with E-state index in [-0.39, 0.29) is 18.3 Å². The number of hydrogen-bond acceptors (Lipinski definition) is 4. The number of carboxylic acids is 1. The molecule has 84 valence electrons. The van der Waals surface area contributed by atoms with Crippen LogP contribution in [0.4, 0.5) is 0 Å². The van der Waals surface area contributed by atoms with Gasteiger partial charge in [-0.25, -0.2) is 9.78 Å². The zero-order chi connectivity index (χ0) is 11.4. The Balaban J connectivity index is 2.93. The maximum absolute atomic E-state index is 10.8. The quantitative estimate of drug-likeness (QED) is 0.810. The molecule has 0 atom stereocenters. The van der Waals surface area contributed by atoms with Gasteiger partial charge in [-0.1, -0.05) is 13.8 Å². The molecule has 0 radical (unpaired) electrons. The summed E-state index contributed by atoms with van der Waals surface area (Å²) in [4.78, 5) is 14.9. The average Bonchev–Trinajstić information content (AvgIpc) is 2.58. The topological polar surface area (TPSA) is 72.6 Å². The lowest BCUT2D eigenvalue weighted by atomic mass is 10.1. The first-order valence-electron chi connectivity index (χ1n) is 4.86. The van der Waals surface area contributed by atoms with E-state index in [0.717, 1.165) is 0 Å². The molecule has 1 rings (SSSR count). The van der Waals surface area contributed by atoms with Crippen LogP contribution in [0.15, 0.2) is 4.42 Å². The molecule has 0 aliphatic carbocycles. The zero-order valence-corrected chi connectivity index (χ0v) is 9.11. The zero-order valence-electron chi connectivity index (χ0n) is 9.11. The summed E-state index contributed by atoms with van der Waals surface area (Å²) in [7, 11) is 0. The van der Waals surface area contributed by atoms with Gasteiger partial charge >= 0.3 is 5.97 Å². The number of aromatic nitrogens is 1. The average molecular weight is 213 g/mol. The number of hydrogen-bond donors (Lipinski definition) is 1. The molecule has 0 saturated heterocycles. The predicted octanol–water partition coefficient (Wildman–Crippen LogP) is 2.03. The number of nitrogens with zero attached hydrogens (tertiary/aromatic N) is 1. The van der Waals surface area contributed by atoms with Gasteiger partial charge in [-0.05, 0) is 12.8 Å². The van der Waals surface area contributed by atoms with Crippen LogP contribution in [0.1, 0.15) is 48.8 Å². The molecule has 0 bridgehead atoms. The van der Waals surface area contributed by atoms with Gasteiger partial charge in [0.2, 0.25) is 11.7 Å². The fourth-order valence-corrected chi connectivity index (χ4v) is 1.17. The second-order valence-corrected chi connectivity index (χ2v) is 3.42. The van der Waals surface area contributed by atoms with Crippen LogP contribution in [0.3, 0.4) is 0 Å². The van der Waals surface area contributed by atoms with Crippen molar-refractivity contribution in [2.75, 3.05) is 6.61 Å². The smallest absolute Gasteiger partial charge is 0.373 e. The van der Waals surface area contributed by atoms with E-state index in [1.165, 1.54) is 0 Å². The predicted molar refractivity (Wildman–Crippen MR) is 52.9 cm³/mol. The van der Waals surface area contributed by atoms with E-state index in [9.17, 15) is 4.79 Å². The van der Waals surface area contributed by atoms with E-state index in [1.54, 1.807) is 0 Å². The van der Waals surface area contributed by atoms with Crippen LogP contribution in [0, 0.1) is 0 Å². The molecule has 0 unspecified atom stereocenters. The first-order chi connectivity index (χ1) is 7.06. The fourth-order valence-electron chi connectivity index (χ4n) is 1.17. The van der Waals surface area contributed by atoms with Gasteiger partial charge in [-0.3, -0.25) is 0 Å². The molecule has 0 saturated carbocycles. The van der Waals surface area contributed by atoms with Gasteiger partial charge in [-0.2, -0.15) is 0 Å². The van der Waals surface area contributed by atoms with Crippen LogP contribution in [0.25, 0.3) is 0 Å². The Morgan fingerprint density at radius 2 is 2.27 bits per heavy atom. The molecule has 1 aromatic heterocycles. The summed E-state index contributed by atoms with van der Waals surface area (Å²) in [5, 5.41) is 8.88. The SMILES string of the molecule is CCOCc1nc(C(C)C)c(C(=O)O)o1.